The Balaban J connectivity index is 1.32. The number of rotatable bonds is 4. The number of halogens is 1. The number of nitrogens with one attached hydrogen (secondary N) is 2. The molecule has 2 N–H and O–H groups in total. The molecule has 2 aromatic rings. The van der Waals surface area contributed by atoms with Gasteiger partial charge in [0.25, 0.3) is 0 Å². The lowest BCUT2D eigenvalue weighted by molar-refractivity contribution is -0.131. The van der Waals surface area contributed by atoms with E-state index in [-0.39, 0.29) is 24.4 Å². The molecular formula is C22H25ClN4O2. The zero-order valence-electron chi connectivity index (χ0n) is 16.5. The zero-order valence-corrected chi connectivity index (χ0v) is 17.2. The Bertz CT molecular complexity index is 916. The summed E-state index contributed by atoms with van der Waals surface area (Å²) in [5, 5.41) is 6.84. The molecule has 0 radical (unpaired) electrons. The summed E-state index contributed by atoms with van der Waals surface area (Å²) in [4.78, 5) is 28.5. The Morgan fingerprint density at radius 3 is 2.72 bits per heavy atom. The van der Waals surface area contributed by atoms with Crippen molar-refractivity contribution in [3.8, 4) is 0 Å². The number of carbonyl (C=O) groups is 2. The van der Waals surface area contributed by atoms with Crippen LogP contribution >= 0.6 is 11.6 Å². The van der Waals surface area contributed by atoms with Crippen molar-refractivity contribution in [3.05, 3.63) is 53.1 Å². The Hall–Kier alpha value is -2.73. The highest BCUT2D eigenvalue weighted by Gasteiger charge is 2.27. The van der Waals surface area contributed by atoms with Crippen molar-refractivity contribution in [3.63, 3.8) is 0 Å². The van der Waals surface area contributed by atoms with E-state index >= 15 is 0 Å². The van der Waals surface area contributed by atoms with Crippen LogP contribution in [0.4, 0.5) is 17.1 Å². The third kappa shape index (κ3) is 4.48. The van der Waals surface area contributed by atoms with Crippen molar-refractivity contribution in [1.82, 2.24) is 4.90 Å². The maximum absolute atomic E-state index is 12.8. The standard InChI is InChI=1S/C22H25ClN4O2/c1-15-14-26(19-6-3-17(23)4-7-19)10-11-27(15)22(29)13-24-18-5-8-20-16(12-18)2-9-21(28)25-20/h3-8,12,15,24H,2,9-11,13-14H2,1H3,(H,25,28)/t15-/m1/s1. The molecule has 0 aliphatic carbocycles. The lowest BCUT2D eigenvalue weighted by Gasteiger charge is -2.41. The van der Waals surface area contributed by atoms with Crippen LogP contribution in [0.1, 0.15) is 18.9 Å². The Morgan fingerprint density at radius 1 is 1.17 bits per heavy atom. The van der Waals surface area contributed by atoms with Crippen LogP contribution in [-0.2, 0) is 16.0 Å². The average molecular weight is 413 g/mol. The summed E-state index contributed by atoms with van der Waals surface area (Å²) in [5.41, 5.74) is 4.00. The second-order valence-corrected chi connectivity index (χ2v) is 8.07. The van der Waals surface area contributed by atoms with E-state index in [1.165, 1.54) is 0 Å². The maximum atomic E-state index is 12.8. The SMILES string of the molecule is C[C@@H]1CN(c2ccc(Cl)cc2)CCN1C(=O)CNc1ccc2c(c1)CCC(=O)N2. The molecule has 0 bridgehead atoms. The van der Waals surface area contributed by atoms with E-state index in [1.54, 1.807) is 0 Å². The van der Waals surface area contributed by atoms with Gasteiger partial charge in [-0.15, -0.1) is 0 Å². The largest absolute Gasteiger partial charge is 0.376 e. The highest BCUT2D eigenvalue weighted by atomic mass is 35.5. The maximum Gasteiger partial charge on any atom is 0.242 e. The van der Waals surface area contributed by atoms with Gasteiger partial charge in [0.05, 0.1) is 6.54 Å². The van der Waals surface area contributed by atoms with Crippen LogP contribution in [0.3, 0.4) is 0 Å². The molecule has 1 saturated heterocycles. The highest BCUT2D eigenvalue weighted by molar-refractivity contribution is 6.30. The van der Waals surface area contributed by atoms with E-state index < -0.39 is 0 Å². The molecule has 6 nitrogen and oxygen atoms in total. The minimum Gasteiger partial charge on any atom is -0.376 e. The van der Waals surface area contributed by atoms with Gasteiger partial charge in [0, 0.05) is 54.2 Å². The predicted octanol–water partition coefficient (Wildman–Crippen LogP) is 3.37. The van der Waals surface area contributed by atoms with Crippen molar-refractivity contribution in [2.24, 2.45) is 0 Å². The number of anilines is 3. The van der Waals surface area contributed by atoms with Crippen LogP contribution in [-0.4, -0.2) is 48.9 Å². The molecule has 2 heterocycles. The van der Waals surface area contributed by atoms with Gasteiger partial charge in [-0.05, 0) is 61.4 Å². The molecule has 152 valence electrons. The summed E-state index contributed by atoms with van der Waals surface area (Å²) < 4.78 is 0. The van der Waals surface area contributed by atoms with E-state index in [4.69, 9.17) is 11.6 Å². The van der Waals surface area contributed by atoms with Crippen LogP contribution in [0.15, 0.2) is 42.5 Å². The predicted molar refractivity (Wildman–Crippen MR) is 117 cm³/mol. The van der Waals surface area contributed by atoms with Crippen LogP contribution in [0.2, 0.25) is 5.02 Å². The summed E-state index contributed by atoms with van der Waals surface area (Å²) in [6, 6.07) is 13.8. The van der Waals surface area contributed by atoms with Crippen molar-refractivity contribution in [2.75, 3.05) is 41.7 Å². The number of amides is 2. The molecule has 1 fully saturated rings. The second-order valence-electron chi connectivity index (χ2n) is 7.63. The highest BCUT2D eigenvalue weighted by Crippen LogP contribution is 2.26. The molecule has 1 atom stereocenters. The van der Waals surface area contributed by atoms with Gasteiger partial charge in [-0.1, -0.05) is 11.6 Å². The van der Waals surface area contributed by atoms with E-state index in [0.29, 0.717) is 13.0 Å². The second kappa shape index (κ2) is 8.33. The first-order valence-electron chi connectivity index (χ1n) is 9.96. The minimum atomic E-state index is 0.0557. The summed E-state index contributed by atoms with van der Waals surface area (Å²) in [7, 11) is 0. The smallest absolute Gasteiger partial charge is 0.242 e. The van der Waals surface area contributed by atoms with Crippen molar-refractivity contribution in [1.29, 1.82) is 0 Å². The quantitative estimate of drug-likeness (QED) is 0.808. The van der Waals surface area contributed by atoms with Gasteiger partial charge in [0.2, 0.25) is 11.8 Å². The van der Waals surface area contributed by atoms with Gasteiger partial charge < -0.3 is 20.4 Å². The molecule has 2 amide bonds. The number of hydrogen-bond donors (Lipinski definition) is 2. The van der Waals surface area contributed by atoms with Gasteiger partial charge in [0.1, 0.15) is 0 Å². The van der Waals surface area contributed by atoms with Crippen LogP contribution in [0.25, 0.3) is 0 Å². The fourth-order valence-corrected chi connectivity index (χ4v) is 4.11. The third-order valence-corrected chi connectivity index (χ3v) is 5.84. The zero-order chi connectivity index (χ0) is 20.4. The molecule has 0 saturated carbocycles. The molecule has 4 rings (SSSR count). The molecule has 2 aliphatic rings. The third-order valence-electron chi connectivity index (χ3n) is 5.58. The molecule has 7 heteroatoms. The first kappa shape index (κ1) is 19.6. The minimum absolute atomic E-state index is 0.0557. The number of nitrogens with zero attached hydrogens (tertiary/aromatic N) is 2. The van der Waals surface area contributed by atoms with E-state index in [1.807, 2.05) is 47.4 Å². The molecule has 0 aromatic heterocycles. The number of carbonyl (C=O) groups excluding carboxylic acids is 2. The topological polar surface area (TPSA) is 64.7 Å². The Morgan fingerprint density at radius 2 is 1.97 bits per heavy atom. The first-order chi connectivity index (χ1) is 14.0. The van der Waals surface area contributed by atoms with Gasteiger partial charge in [-0.2, -0.15) is 0 Å². The molecule has 0 spiro atoms. The molecule has 0 unspecified atom stereocenters. The Labute approximate surface area is 175 Å². The van der Waals surface area contributed by atoms with Crippen molar-refractivity contribution >= 4 is 40.5 Å². The summed E-state index contributed by atoms with van der Waals surface area (Å²) in [6.07, 6.45) is 1.24. The van der Waals surface area contributed by atoms with Gasteiger partial charge >= 0.3 is 0 Å². The van der Waals surface area contributed by atoms with E-state index in [0.717, 1.165) is 47.2 Å². The van der Waals surface area contributed by atoms with Gasteiger partial charge in [0.15, 0.2) is 0 Å². The lowest BCUT2D eigenvalue weighted by atomic mass is 10.0. The van der Waals surface area contributed by atoms with Crippen molar-refractivity contribution < 1.29 is 9.59 Å². The van der Waals surface area contributed by atoms with Crippen LogP contribution in [0, 0.1) is 0 Å². The van der Waals surface area contributed by atoms with Crippen molar-refractivity contribution in [2.45, 2.75) is 25.8 Å². The number of benzene rings is 2. The normalized spacial score (nSPS) is 18.8. The van der Waals surface area contributed by atoms with E-state index in [9.17, 15) is 9.59 Å². The number of hydrogen-bond acceptors (Lipinski definition) is 4. The number of piperazine rings is 1. The van der Waals surface area contributed by atoms with Gasteiger partial charge in [-0.25, -0.2) is 0 Å². The number of aryl methyl sites for hydroxylation is 1. The van der Waals surface area contributed by atoms with Crippen LogP contribution < -0.4 is 15.5 Å². The fourth-order valence-electron chi connectivity index (χ4n) is 3.99. The summed E-state index contributed by atoms with van der Waals surface area (Å²) in [5.74, 6) is 0.152. The fraction of sp³-hybridized carbons (Fsp3) is 0.364. The van der Waals surface area contributed by atoms with E-state index in [2.05, 4.69) is 22.5 Å². The Kier molecular flexibility index (Phi) is 5.62. The molecule has 29 heavy (non-hydrogen) atoms. The lowest BCUT2D eigenvalue weighted by Crippen LogP contribution is -2.55. The first-order valence-corrected chi connectivity index (χ1v) is 10.3. The van der Waals surface area contributed by atoms with Crippen LogP contribution in [0.5, 0.6) is 0 Å². The molecular weight excluding hydrogens is 388 g/mol. The summed E-state index contributed by atoms with van der Waals surface area (Å²) in [6.45, 7) is 4.64. The number of fused-ring (bicyclic) bond motifs is 1. The monoisotopic (exact) mass is 412 g/mol. The molecule has 2 aliphatic heterocycles. The van der Waals surface area contributed by atoms with Gasteiger partial charge in [-0.3, -0.25) is 9.59 Å². The average Bonchev–Trinajstić information content (AvgIpc) is 2.72. The summed E-state index contributed by atoms with van der Waals surface area (Å²) >= 11 is 5.98. The molecule has 2 aromatic carbocycles.